The number of ether oxygens (including phenoxy) is 1. The van der Waals surface area contributed by atoms with Gasteiger partial charge in [0.05, 0.1) is 18.2 Å². The lowest BCUT2D eigenvalue weighted by atomic mass is 10.2. The van der Waals surface area contributed by atoms with Crippen LogP contribution >= 0.6 is 0 Å². The molecule has 0 spiro atoms. The SMILES string of the molecule is N#Cc1ccc(OCC(=O)NCC(=O)Nc2ccc(F)cc2)cc1. The average Bonchev–Trinajstić information content (AvgIpc) is 2.60. The first-order valence-electron chi connectivity index (χ1n) is 7.02. The van der Waals surface area contributed by atoms with E-state index < -0.39 is 17.6 Å². The van der Waals surface area contributed by atoms with Gasteiger partial charge in [-0.3, -0.25) is 9.59 Å². The lowest BCUT2D eigenvalue weighted by Gasteiger charge is -2.08. The molecule has 0 aliphatic heterocycles. The third-order valence-corrected chi connectivity index (χ3v) is 2.93. The van der Waals surface area contributed by atoms with E-state index in [2.05, 4.69) is 10.6 Å². The van der Waals surface area contributed by atoms with Crippen molar-refractivity contribution in [3.05, 3.63) is 59.9 Å². The van der Waals surface area contributed by atoms with Crippen molar-refractivity contribution in [2.24, 2.45) is 0 Å². The maximum atomic E-state index is 12.7. The van der Waals surface area contributed by atoms with Crippen molar-refractivity contribution in [1.82, 2.24) is 5.32 Å². The van der Waals surface area contributed by atoms with Crippen molar-refractivity contribution in [1.29, 1.82) is 5.26 Å². The number of halogens is 1. The van der Waals surface area contributed by atoms with Crippen LogP contribution in [0.1, 0.15) is 5.56 Å². The molecule has 0 radical (unpaired) electrons. The molecule has 24 heavy (non-hydrogen) atoms. The first kappa shape index (κ1) is 17.0. The van der Waals surface area contributed by atoms with Gasteiger partial charge in [0.15, 0.2) is 6.61 Å². The maximum absolute atomic E-state index is 12.7. The maximum Gasteiger partial charge on any atom is 0.258 e. The summed E-state index contributed by atoms with van der Waals surface area (Å²) < 4.78 is 18.0. The van der Waals surface area contributed by atoms with E-state index in [1.165, 1.54) is 24.3 Å². The minimum absolute atomic E-state index is 0.229. The molecule has 7 heteroatoms. The Morgan fingerprint density at radius 3 is 2.33 bits per heavy atom. The molecule has 2 amide bonds. The molecular weight excluding hydrogens is 313 g/mol. The molecule has 2 N–H and O–H groups in total. The lowest BCUT2D eigenvalue weighted by molar-refractivity contribution is -0.125. The van der Waals surface area contributed by atoms with Crippen LogP contribution in [0.4, 0.5) is 10.1 Å². The summed E-state index contributed by atoms with van der Waals surface area (Å²) in [6.45, 7) is -0.483. The Morgan fingerprint density at radius 2 is 1.71 bits per heavy atom. The smallest absolute Gasteiger partial charge is 0.258 e. The highest BCUT2D eigenvalue weighted by molar-refractivity contribution is 5.94. The first-order chi connectivity index (χ1) is 11.6. The monoisotopic (exact) mass is 327 g/mol. The molecule has 0 heterocycles. The Labute approximate surface area is 137 Å². The van der Waals surface area contributed by atoms with Crippen LogP contribution in [0.2, 0.25) is 0 Å². The Balaban J connectivity index is 1.71. The summed E-state index contributed by atoms with van der Waals surface area (Å²) in [5.41, 5.74) is 0.925. The van der Waals surface area contributed by atoms with Crippen LogP contribution in [-0.2, 0) is 9.59 Å². The van der Waals surface area contributed by atoms with E-state index in [1.807, 2.05) is 6.07 Å². The second-order valence-corrected chi connectivity index (χ2v) is 4.76. The topological polar surface area (TPSA) is 91.2 Å². The summed E-state index contributed by atoms with van der Waals surface area (Å²) in [5, 5.41) is 13.6. The Morgan fingerprint density at radius 1 is 1.04 bits per heavy atom. The van der Waals surface area contributed by atoms with Gasteiger partial charge < -0.3 is 15.4 Å². The number of nitrogens with one attached hydrogen (secondary N) is 2. The van der Waals surface area contributed by atoms with Crippen LogP contribution in [0.3, 0.4) is 0 Å². The van der Waals surface area contributed by atoms with Gasteiger partial charge in [-0.1, -0.05) is 0 Å². The molecule has 122 valence electrons. The minimum atomic E-state index is -0.464. The van der Waals surface area contributed by atoms with E-state index in [0.29, 0.717) is 17.0 Å². The van der Waals surface area contributed by atoms with Crippen molar-refractivity contribution >= 4 is 17.5 Å². The van der Waals surface area contributed by atoms with Crippen molar-refractivity contribution in [3.63, 3.8) is 0 Å². The van der Waals surface area contributed by atoms with E-state index in [0.717, 1.165) is 0 Å². The number of hydrogen-bond acceptors (Lipinski definition) is 4. The molecule has 2 aromatic carbocycles. The third kappa shape index (κ3) is 5.42. The number of carbonyl (C=O) groups excluding carboxylic acids is 2. The molecule has 0 saturated carbocycles. The summed E-state index contributed by atoms with van der Waals surface area (Å²) in [5.74, 6) is -0.858. The van der Waals surface area contributed by atoms with E-state index in [4.69, 9.17) is 10.00 Å². The molecule has 2 rings (SSSR count). The highest BCUT2D eigenvalue weighted by atomic mass is 19.1. The highest BCUT2D eigenvalue weighted by Gasteiger charge is 2.07. The molecule has 0 unspecified atom stereocenters. The van der Waals surface area contributed by atoms with E-state index >= 15 is 0 Å². The number of nitrogens with zero attached hydrogens (tertiary/aromatic N) is 1. The number of amides is 2. The van der Waals surface area contributed by atoms with Crippen LogP contribution in [0.15, 0.2) is 48.5 Å². The number of anilines is 1. The van der Waals surface area contributed by atoms with Crippen molar-refractivity contribution < 1.29 is 18.7 Å². The minimum Gasteiger partial charge on any atom is -0.484 e. The number of benzene rings is 2. The van der Waals surface area contributed by atoms with Crippen LogP contribution in [0.5, 0.6) is 5.75 Å². The van der Waals surface area contributed by atoms with Gasteiger partial charge in [0.2, 0.25) is 5.91 Å². The standard InChI is InChI=1S/C17H14FN3O3/c18-13-3-5-14(6-4-13)21-16(22)10-20-17(23)11-24-15-7-1-12(9-19)2-8-15/h1-8H,10-11H2,(H,20,23)(H,21,22). The molecule has 0 saturated heterocycles. The zero-order valence-corrected chi connectivity index (χ0v) is 12.6. The number of rotatable bonds is 6. The van der Waals surface area contributed by atoms with Crippen LogP contribution in [0.25, 0.3) is 0 Å². The summed E-state index contributed by atoms with van der Waals surface area (Å²) in [6.07, 6.45) is 0. The van der Waals surface area contributed by atoms with Gasteiger partial charge in [-0.15, -0.1) is 0 Å². The number of nitriles is 1. The van der Waals surface area contributed by atoms with Gasteiger partial charge in [-0.25, -0.2) is 4.39 Å². The fourth-order valence-corrected chi connectivity index (χ4v) is 1.74. The fraction of sp³-hybridized carbons (Fsp3) is 0.118. The predicted octanol–water partition coefficient (Wildman–Crippen LogP) is 1.83. The Bertz CT molecular complexity index is 752. The largest absolute Gasteiger partial charge is 0.484 e. The third-order valence-electron chi connectivity index (χ3n) is 2.93. The van der Waals surface area contributed by atoms with Gasteiger partial charge in [-0.05, 0) is 48.5 Å². The molecule has 0 bridgehead atoms. The van der Waals surface area contributed by atoms with Crippen LogP contribution < -0.4 is 15.4 Å². The quantitative estimate of drug-likeness (QED) is 0.847. The average molecular weight is 327 g/mol. The molecular formula is C17H14FN3O3. The number of hydrogen-bond donors (Lipinski definition) is 2. The summed E-state index contributed by atoms with van der Waals surface area (Å²) in [4.78, 5) is 23.3. The molecule has 0 aliphatic rings. The van der Waals surface area contributed by atoms with Crippen molar-refractivity contribution in [2.75, 3.05) is 18.5 Å². The van der Waals surface area contributed by atoms with Gasteiger partial charge in [0.25, 0.3) is 5.91 Å². The van der Waals surface area contributed by atoms with E-state index in [9.17, 15) is 14.0 Å². The molecule has 0 aliphatic carbocycles. The van der Waals surface area contributed by atoms with Gasteiger partial charge in [0.1, 0.15) is 11.6 Å². The normalized spacial score (nSPS) is 9.67. The molecule has 6 nitrogen and oxygen atoms in total. The predicted molar refractivity (Wildman–Crippen MR) is 84.7 cm³/mol. The van der Waals surface area contributed by atoms with E-state index in [1.54, 1.807) is 24.3 Å². The summed E-state index contributed by atoms with van der Waals surface area (Å²) >= 11 is 0. The van der Waals surface area contributed by atoms with Crippen molar-refractivity contribution in [2.45, 2.75) is 0 Å². The summed E-state index contributed by atoms with van der Waals surface area (Å²) in [6, 6.07) is 13.6. The Kier molecular flexibility index (Phi) is 5.86. The second kappa shape index (κ2) is 8.29. The van der Waals surface area contributed by atoms with Crippen LogP contribution in [0, 0.1) is 17.1 Å². The number of carbonyl (C=O) groups is 2. The van der Waals surface area contributed by atoms with Gasteiger partial charge >= 0.3 is 0 Å². The van der Waals surface area contributed by atoms with Crippen LogP contribution in [-0.4, -0.2) is 25.0 Å². The fourth-order valence-electron chi connectivity index (χ4n) is 1.74. The molecule has 0 aromatic heterocycles. The zero-order chi connectivity index (χ0) is 17.4. The molecule has 0 atom stereocenters. The molecule has 0 fully saturated rings. The zero-order valence-electron chi connectivity index (χ0n) is 12.6. The summed E-state index contributed by atoms with van der Waals surface area (Å²) in [7, 11) is 0. The van der Waals surface area contributed by atoms with Crippen molar-refractivity contribution in [3.8, 4) is 11.8 Å². The molecule has 2 aromatic rings. The first-order valence-corrected chi connectivity index (χ1v) is 7.02. The highest BCUT2D eigenvalue weighted by Crippen LogP contribution is 2.11. The second-order valence-electron chi connectivity index (χ2n) is 4.76. The van der Waals surface area contributed by atoms with E-state index in [-0.39, 0.29) is 13.2 Å². The lowest BCUT2D eigenvalue weighted by Crippen LogP contribution is -2.35. The Hall–Kier alpha value is -3.40. The van der Waals surface area contributed by atoms with Gasteiger partial charge in [0, 0.05) is 5.69 Å². The van der Waals surface area contributed by atoms with Gasteiger partial charge in [-0.2, -0.15) is 5.26 Å².